The molecule has 0 N–H and O–H groups in total. The van der Waals surface area contributed by atoms with Crippen molar-refractivity contribution >= 4 is 11.6 Å². The van der Waals surface area contributed by atoms with Crippen molar-refractivity contribution in [2.45, 2.75) is 0 Å². The topological polar surface area (TPSA) is 89.5 Å². The molecular weight excluding hydrogens is 464 g/mol. The van der Waals surface area contributed by atoms with Crippen LogP contribution in [0.2, 0.25) is 0 Å². The predicted octanol–water partition coefficient (Wildman–Crippen LogP) is 3.96. The van der Waals surface area contributed by atoms with Crippen LogP contribution in [-0.4, -0.2) is 53.2 Å². The second-order valence-electron chi connectivity index (χ2n) is 7.62. The molecule has 1 aliphatic rings. The first-order valence-electron chi connectivity index (χ1n) is 11.0. The van der Waals surface area contributed by atoms with Gasteiger partial charge in [0.15, 0.2) is 23.0 Å². The molecule has 8 heteroatoms. The van der Waals surface area contributed by atoms with Gasteiger partial charge in [-0.2, -0.15) is 0 Å². The van der Waals surface area contributed by atoms with Crippen LogP contribution in [0, 0.1) is 11.8 Å². The molecule has 0 spiro atoms. The summed E-state index contributed by atoms with van der Waals surface area (Å²) in [6.07, 6.45) is 0. The number of hydrogen-bond acceptors (Lipinski definition) is 8. The zero-order valence-electron chi connectivity index (χ0n) is 20.3. The van der Waals surface area contributed by atoms with Gasteiger partial charge in [-0.15, -0.1) is 0 Å². The number of fused-ring (bicyclic) bond motifs is 1. The quantitative estimate of drug-likeness (QED) is 0.281. The van der Waals surface area contributed by atoms with Crippen molar-refractivity contribution < 1.29 is 38.0 Å². The molecule has 3 aromatic rings. The van der Waals surface area contributed by atoms with Gasteiger partial charge in [0, 0.05) is 34.4 Å². The Bertz CT molecular complexity index is 1360. The highest BCUT2D eigenvalue weighted by atomic mass is 16.6. The zero-order valence-corrected chi connectivity index (χ0v) is 20.3. The maximum Gasteiger partial charge on any atom is 0.234 e. The Balaban J connectivity index is 1.77. The SMILES string of the molecule is COc1cc(C#Cc2cc3c(cc2C(=O)C(=O)c2ccc(OC)c(OC)c2)OCCO3)cc(OC)c1. The van der Waals surface area contributed by atoms with E-state index in [1.807, 2.05) is 0 Å². The summed E-state index contributed by atoms with van der Waals surface area (Å²) >= 11 is 0. The fraction of sp³-hybridized carbons (Fsp3) is 0.214. The van der Waals surface area contributed by atoms with Crippen LogP contribution in [0.25, 0.3) is 0 Å². The van der Waals surface area contributed by atoms with Crippen LogP contribution in [0.15, 0.2) is 48.5 Å². The van der Waals surface area contributed by atoms with Crippen LogP contribution in [0.5, 0.6) is 34.5 Å². The Morgan fingerprint density at radius 2 is 1.33 bits per heavy atom. The fourth-order valence-corrected chi connectivity index (χ4v) is 3.63. The Morgan fingerprint density at radius 3 is 1.94 bits per heavy atom. The average molecular weight is 488 g/mol. The monoisotopic (exact) mass is 488 g/mol. The fourth-order valence-electron chi connectivity index (χ4n) is 3.63. The minimum atomic E-state index is -0.744. The van der Waals surface area contributed by atoms with Gasteiger partial charge in [0.2, 0.25) is 11.6 Å². The second-order valence-corrected chi connectivity index (χ2v) is 7.62. The van der Waals surface area contributed by atoms with Crippen LogP contribution in [-0.2, 0) is 0 Å². The number of ether oxygens (including phenoxy) is 6. The Morgan fingerprint density at radius 1 is 0.694 bits per heavy atom. The molecule has 8 nitrogen and oxygen atoms in total. The lowest BCUT2D eigenvalue weighted by Crippen LogP contribution is -2.19. The first-order chi connectivity index (χ1) is 17.5. The zero-order chi connectivity index (χ0) is 25.7. The van der Waals surface area contributed by atoms with Crippen molar-refractivity contribution in [2.75, 3.05) is 41.7 Å². The third-order valence-corrected chi connectivity index (χ3v) is 5.47. The van der Waals surface area contributed by atoms with Gasteiger partial charge in [0.1, 0.15) is 24.7 Å². The van der Waals surface area contributed by atoms with Gasteiger partial charge >= 0.3 is 0 Å². The Kier molecular flexibility index (Phi) is 7.31. The molecular formula is C28H24O8. The highest BCUT2D eigenvalue weighted by molar-refractivity contribution is 6.49. The van der Waals surface area contributed by atoms with E-state index in [4.69, 9.17) is 28.4 Å². The van der Waals surface area contributed by atoms with Crippen molar-refractivity contribution in [3.8, 4) is 46.3 Å². The smallest absolute Gasteiger partial charge is 0.234 e. The van der Waals surface area contributed by atoms with E-state index in [0.29, 0.717) is 58.8 Å². The van der Waals surface area contributed by atoms with Crippen LogP contribution >= 0.6 is 0 Å². The summed E-state index contributed by atoms with van der Waals surface area (Å²) in [5.74, 6) is 7.29. The summed E-state index contributed by atoms with van der Waals surface area (Å²) in [7, 11) is 6.03. The second kappa shape index (κ2) is 10.7. The van der Waals surface area contributed by atoms with Crippen LogP contribution in [0.4, 0.5) is 0 Å². The van der Waals surface area contributed by atoms with E-state index in [2.05, 4.69) is 11.8 Å². The predicted molar refractivity (Wildman–Crippen MR) is 131 cm³/mol. The van der Waals surface area contributed by atoms with E-state index in [0.717, 1.165) is 0 Å². The highest BCUT2D eigenvalue weighted by Crippen LogP contribution is 2.34. The number of ketones is 2. The molecule has 0 radical (unpaired) electrons. The molecule has 0 amide bonds. The van der Waals surface area contributed by atoms with Gasteiger partial charge in [-0.25, -0.2) is 0 Å². The van der Waals surface area contributed by atoms with Gasteiger partial charge in [-0.1, -0.05) is 11.8 Å². The summed E-state index contributed by atoms with van der Waals surface area (Å²) in [6, 6.07) is 12.8. The van der Waals surface area contributed by atoms with Crippen molar-refractivity contribution in [3.63, 3.8) is 0 Å². The van der Waals surface area contributed by atoms with Crippen LogP contribution < -0.4 is 28.4 Å². The largest absolute Gasteiger partial charge is 0.497 e. The van der Waals surface area contributed by atoms with Gasteiger partial charge in [-0.3, -0.25) is 9.59 Å². The highest BCUT2D eigenvalue weighted by Gasteiger charge is 2.25. The first-order valence-corrected chi connectivity index (χ1v) is 11.0. The lowest BCUT2D eigenvalue weighted by Gasteiger charge is -2.19. The number of carbonyl (C=O) groups excluding carboxylic acids is 2. The third-order valence-electron chi connectivity index (χ3n) is 5.47. The lowest BCUT2D eigenvalue weighted by molar-refractivity contribution is 0.0816. The Hall–Kier alpha value is -4.64. The molecule has 36 heavy (non-hydrogen) atoms. The molecule has 1 aliphatic heterocycles. The first kappa shape index (κ1) is 24.5. The summed E-state index contributed by atoms with van der Waals surface area (Å²) in [5, 5.41) is 0. The number of benzene rings is 3. The normalized spacial score (nSPS) is 11.6. The van der Waals surface area contributed by atoms with Crippen molar-refractivity contribution in [1.82, 2.24) is 0 Å². The molecule has 1 heterocycles. The number of rotatable bonds is 7. The van der Waals surface area contributed by atoms with E-state index in [9.17, 15) is 9.59 Å². The number of methoxy groups -OCH3 is 4. The maximum atomic E-state index is 13.4. The van der Waals surface area contributed by atoms with Gasteiger partial charge < -0.3 is 28.4 Å². The molecule has 0 saturated heterocycles. The van der Waals surface area contributed by atoms with Gasteiger partial charge in [0.05, 0.1) is 28.4 Å². The Labute approximate surface area is 208 Å². The van der Waals surface area contributed by atoms with Crippen molar-refractivity contribution in [3.05, 3.63) is 70.8 Å². The molecule has 0 fully saturated rings. The number of carbonyl (C=O) groups is 2. The molecule has 0 atom stereocenters. The molecule has 184 valence electrons. The third kappa shape index (κ3) is 5.05. The van der Waals surface area contributed by atoms with E-state index in [1.165, 1.54) is 32.4 Å². The summed E-state index contributed by atoms with van der Waals surface area (Å²) in [5.41, 5.74) is 1.18. The molecule has 4 rings (SSSR count). The minimum absolute atomic E-state index is 0.0985. The van der Waals surface area contributed by atoms with E-state index >= 15 is 0 Å². The molecule has 0 aromatic heterocycles. The summed E-state index contributed by atoms with van der Waals surface area (Å²) in [6.45, 7) is 0.698. The summed E-state index contributed by atoms with van der Waals surface area (Å²) in [4.78, 5) is 26.6. The van der Waals surface area contributed by atoms with E-state index in [-0.39, 0.29) is 11.1 Å². The van der Waals surface area contributed by atoms with Crippen LogP contribution in [0.3, 0.4) is 0 Å². The molecule has 0 saturated carbocycles. The standard InChI is InChI=1S/C28H24O8/c1-31-20-11-17(12-21(15-20)32-2)5-6-18-13-25-26(36-10-9-35-25)16-22(18)28(30)27(29)19-7-8-23(33-3)24(14-19)34-4/h7-8,11-16H,9-10H2,1-4H3. The molecule has 0 bridgehead atoms. The van der Waals surface area contributed by atoms with Crippen LogP contribution in [0.1, 0.15) is 31.8 Å². The average Bonchev–Trinajstić information content (AvgIpc) is 2.93. The molecule has 0 unspecified atom stereocenters. The van der Waals surface area contributed by atoms with Gasteiger partial charge in [0.25, 0.3) is 0 Å². The van der Waals surface area contributed by atoms with Crippen molar-refractivity contribution in [2.24, 2.45) is 0 Å². The van der Waals surface area contributed by atoms with Gasteiger partial charge in [-0.05, 0) is 36.4 Å². The maximum absolute atomic E-state index is 13.4. The lowest BCUT2D eigenvalue weighted by atomic mass is 9.96. The molecule has 0 aliphatic carbocycles. The number of hydrogen-bond donors (Lipinski definition) is 0. The van der Waals surface area contributed by atoms with Crippen molar-refractivity contribution in [1.29, 1.82) is 0 Å². The number of Topliss-reactive ketones (excluding diaryl/α,β-unsaturated/α-hetero) is 2. The minimum Gasteiger partial charge on any atom is -0.497 e. The van der Waals surface area contributed by atoms with E-state index < -0.39 is 11.6 Å². The van der Waals surface area contributed by atoms with E-state index in [1.54, 1.807) is 44.6 Å². The summed E-state index contributed by atoms with van der Waals surface area (Å²) < 4.78 is 32.4. The molecule has 3 aromatic carbocycles.